The predicted molar refractivity (Wildman–Crippen MR) is 60.0 cm³/mol. The minimum absolute atomic E-state index is 0.243. The minimum atomic E-state index is -4.11. The van der Waals surface area contributed by atoms with Crippen LogP contribution in [0.1, 0.15) is 19.8 Å². The second kappa shape index (κ2) is 7.18. The molecular formula is C11H21F3N2O. The highest BCUT2D eigenvalue weighted by Gasteiger charge is 2.29. The lowest BCUT2D eigenvalue weighted by molar-refractivity contribution is -0.145. The van der Waals surface area contributed by atoms with Gasteiger partial charge in [0.1, 0.15) is 0 Å². The van der Waals surface area contributed by atoms with Gasteiger partial charge in [0.25, 0.3) is 0 Å². The number of alkyl halides is 3. The summed E-state index contributed by atoms with van der Waals surface area (Å²) in [5.41, 5.74) is 0. The van der Waals surface area contributed by atoms with E-state index >= 15 is 0 Å². The first-order chi connectivity index (χ1) is 8.01. The Morgan fingerprint density at radius 2 is 2.18 bits per heavy atom. The van der Waals surface area contributed by atoms with Gasteiger partial charge in [0.05, 0.1) is 12.6 Å². The average Bonchev–Trinajstić information content (AvgIpc) is 2.73. The van der Waals surface area contributed by atoms with Gasteiger partial charge in [-0.2, -0.15) is 13.2 Å². The first-order valence-corrected chi connectivity index (χ1v) is 6.12. The summed E-state index contributed by atoms with van der Waals surface area (Å²) < 4.78 is 41.9. The SMILES string of the molecule is CCN(CCNCC1CCCO1)CC(F)(F)F. The van der Waals surface area contributed by atoms with E-state index in [9.17, 15) is 13.2 Å². The van der Waals surface area contributed by atoms with Crippen LogP contribution in [0.4, 0.5) is 13.2 Å². The molecule has 0 aromatic carbocycles. The summed E-state index contributed by atoms with van der Waals surface area (Å²) in [6.45, 7) is 3.87. The number of nitrogens with one attached hydrogen (secondary N) is 1. The number of nitrogens with zero attached hydrogens (tertiary/aromatic N) is 1. The van der Waals surface area contributed by atoms with Crippen molar-refractivity contribution < 1.29 is 17.9 Å². The molecule has 0 saturated carbocycles. The molecule has 0 aromatic rings. The summed E-state index contributed by atoms with van der Waals surface area (Å²) in [5, 5.41) is 3.14. The summed E-state index contributed by atoms with van der Waals surface area (Å²) in [6.07, 6.45) is -1.73. The maximum atomic E-state index is 12.2. The van der Waals surface area contributed by atoms with Gasteiger partial charge in [-0.15, -0.1) is 0 Å². The van der Waals surface area contributed by atoms with Crippen molar-refractivity contribution in [3.63, 3.8) is 0 Å². The highest BCUT2D eigenvalue weighted by Crippen LogP contribution is 2.15. The van der Waals surface area contributed by atoms with E-state index in [1.165, 1.54) is 4.90 Å². The zero-order valence-corrected chi connectivity index (χ0v) is 10.2. The van der Waals surface area contributed by atoms with E-state index < -0.39 is 12.7 Å². The molecule has 0 amide bonds. The van der Waals surface area contributed by atoms with Crippen molar-refractivity contribution in [3.05, 3.63) is 0 Å². The Morgan fingerprint density at radius 1 is 1.41 bits per heavy atom. The Balaban J connectivity index is 2.06. The van der Waals surface area contributed by atoms with E-state index in [2.05, 4.69) is 5.32 Å². The van der Waals surface area contributed by atoms with Gasteiger partial charge in [-0.1, -0.05) is 6.92 Å². The Bertz CT molecular complexity index is 205. The molecule has 6 heteroatoms. The maximum absolute atomic E-state index is 12.2. The first-order valence-electron chi connectivity index (χ1n) is 6.12. The molecule has 1 aliphatic rings. The standard InChI is InChI=1S/C11H21F3N2O/c1-2-16(9-11(12,13)14)6-5-15-8-10-4-3-7-17-10/h10,15H,2-9H2,1H3. The summed E-state index contributed by atoms with van der Waals surface area (Å²) >= 11 is 0. The lowest BCUT2D eigenvalue weighted by Gasteiger charge is -2.22. The normalized spacial score (nSPS) is 21.4. The Labute approximate surface area is 100 Å². The Kier molecular flexibility index (Phi) is 6.22. The van der Waals surface area contributed by atoms with Crippen LogP contribution in [0.2, 0.25) is 0 Å². The number of hydrogen-bond acceptors (Lipinski definition) is 3. The fourth-order valence-corrected chi connectivity index (χ4v) is 1.91. The molecule has 1 heterocycles. The summed E-state index contributed by atoms with van der Waals surface area (Å²) in [7, 11) is 0. The molecule has 0 radical (unpaired) electrons. The predicted octanol–water partition coefficient (Wildman–Crippen LogP) is 1.64. The molecule has 1 rings (SSSR count). The van der Waals surface area contributed by atoms with E-state index in [1.54, 1.807) is 6.92 Å². The van der Waals surface area contributed by atoms with Crippen molar-refractivity contribution in [2.24, 2.45) is 0 Å². The van der Waals surface area contributed by atoms with Gasteiger partial charge < -0.3 is 10.1 Å². The van der Waals surface area contributed by atoms with Crippen LogP contribution in [-0.2, 0) is 4.74 Å². The van der Waals surface area contributed by atoms with Crippen LogP contribution < -0.4 is 5.32 Å². The van der Waals surface area contributed by atoms with E-state index in [-0.39, 0.29) is 6.10 Å². The van der Waals surface area contributed by atoms with E-state index in [1.807, 2.05) is 0 Å². The smallest absolute Gasteiger partial charge is 0.377 e. The van der Waals surface area contributed by atoms with Gasteiger partial charge in [-0.05, 0) is 19.4 Å². The fourth-order valence-electron chi connectivity index (χ4n) is 1.91. The van der Waals surface area contributed by atoms with Gasteiger partial charge in [-0.25, -0.2) is 0 Å². The molecule has 0 aliphatic carbocycles. The molecule has 3 nitrogen and oxygen atoms in total. The summed E-state index contributed by atoms with van der Waals surface area (Å²) in [4.78, 5) is 1.39. The van der Waals surface area contributed by atoms with Crippen LogP contribution in [0.3, 0.4) is 0 Å². The number of halogens is 3. The third-order valence-electron chi connectivity index (χ3n) is 2.85. The third kappa shape index (κ3) is 6.85. The zero-order valence-electron chi connectivity index (χ0n) is 10.2. The van der Waals surface area contributed by atoms with Crippen molar-refractivity contribution in [2.75, 3.05) is 39.3 Å². The lowest BCUT2D eigenvalue weighted by Crippen LogP contribution is -2.39. The number of ether oxygens (including phenoxy) is 1. The van der Waals surface area contributed by atoms with Crippen LogP contribution in [0, 0.1) is 0 Å². The Morgan fingerprint density at radius 3 is 2.71 bits per heavy atom. The van der Waals surface area contributed by atoms with Gasteiger partial charge >= 0.3 is 6.18 Å². The fraction of sp³-hybridized carbons (Fsp3) is 1.00. The highest BCUT2D eigenvalue weighted by atomic mass is 19.4. The quantitative estimate of drug-likeness (QED) is 0.699. The van der Waals surface area contributed by atoms with E-state index in [0.29, 0.717) is 19.6 Å². The van der Waals surface area contributed by atoms with Gasteiger partial charge in [0, 0.05) is 26.2 Å². The third-order valence-corrected chi connectivity index (χ3v) is 2.85. The Hall–Kier alpha value is -0.330. The van der Waals surface area contributed by atoms with Crippen molar-refractivity contribution in [2.45, 2.75) is 32.0 Å². The molecule has 1 saturated heterocycles. The second-order valence-corrected chi connectivity index (χ2v) is 4.32. The van der Waals surface area contributed by atoms with Crippen molar-refractivity contribution in [3.8, 4) is 0 Å². The molecule has 17 heavy (non-hydrogen) atoms. The molecular weight excluding hydrogens is 233 g/mol. The maximum Gasteiger partial charge on any atom is 0.401 e. The largest absolute Gasteiger partial charge is 0.401 e. The lowest BCUT2D eigenvalue weighted by atomic mass is 10.2. The van der Waals surface area contributed by atoms with Crippen LogP contribution >= 0.6 is 0 Å². The number of hydrogen-bond donors (Lipinski definition) is 1. The molecule has 1 atom stereocenters. The molecule has 1 unspecified atom stereocenters. The van der Waals surface area contributed by atoms with Crippen LogP contribution in [0.25, 0.3) is 0 Å². The molecule has 102 valence electrons. The molecule has 0 bridgehead atoms. The van der Waals surface area contributed by atoms with Gasteiger partial charge in [0.15, 0.2) is 0 Å². The summed E-state index contributed by atoms with van der Waals surface area (Å²) in [6, 6.07) is 0. The summed E-state index contributed by atoms with van der Waals surface area (Å²) in [5.74, 6) is 0. The van der Waals surface area contributed by atoms with Crippen LogP contribution in [0.15, 0.2) is 0 Å². The van der Waals surface area contributed by atoms with Crippen molar-refractivity contribution in [1.29, 1.82) is 0 Å². The van der Waals surface area contributed by atoms with E-state index in [0.717, 1.165) is 26.0 Å². The van der Waals surface area contributed by atoms with Gasteiger partial charge in [0.2, 0.25) is 0 Å². The molecule has 0 aromatic heterocycles. The second-order valence-electron chi connectivity index (χ2n) is 4.32. The molecule has 1 fully saturated rings. The topological polar surface area (TPSA) is 24.5 Å². The van der Waals surface area contributed by atoms with Gasteiger partial charge in [-0.3, -0.25) is 4.90 Å². The number of rotatable bonds is 7. The minimum Gasteiger partial charge on any atom is -0.377 e. The zero-order chi connectivity index (χ0) is 12.7. The average molecular weight is 254 g/mol. The van der Waals surface area contributed by atoms with Crippen molar-refractivity contribution >= 4 is 0 Å². The molecule has 0 spiro atoms. The van der Waals surface area contributed by atoms with E-state index in [4.69, 9.17) is 4.74 Å². The highest BCUT2D eigenvalue weighted by molar-refractivity contribution is 4.69. The first kappa shape index (κ1) is 14.7. The monoisotopic (exact) mass is 254 g/mol. The molecule has 1 aliphatic heterocycles. The van der Waals surface area contributed by atoms with Crippen LogP contribution in [0.5, 0.6) is 0 Å². The number of likely N-dealkylation sites (N-methyl/N-ethyl adjacent to an activating group) is 1. The van der Waals surface area contributed by atoms with Crippen LogP contribution in [-0.4, -0.2) is 56.5 Å². The van der Waals surface area contributed by atoms with Crippen molar-refractivity contribution in [1.82, 2.24) is 10.2 Å². The molecule has 1 N–H and O–H groups in total.